The molecular formula is C20H20N2O3S. The maximum absolute atomic E-state index is 12.4. The molecular weight excluding hydrogens is 348 g/mol. The third-order valence-corrected chi connectivity index (χ3v) is 4.81. The Labute approximate surface area is 156 Å². The lowest BCUT2D eigenvalue weighted by molar-refractivity contribution is -0.121. The average Bonchev–Trinajstić information content (AvgIpc) is 3.38. The van der Waals surface area contributed by atoms with E-state index in [9.17, 15) is 9.59 Å². The zero-order valence-corrected chi connectivity index (χ0v) is 15.0. The minimum atomic E-state index is -0.267. The van der Waals surface area contributed by atoms with E-state index in [-0.39, 0.29) is 23.6 Å². The van der Waals surface area contributed by atoms with Crippen molar-refractivity contribution in [2.24, 2.45) is 0 Å². The molecule has 1 atom stereocenters. The van der Waals surface area contributed by atoms with Gasteiger partial charge in [-0.2, -0.15) is 0 Å². The standard InChI is InChI=1S/C20H20N2O3S/c23-18(11-4-12-21-20(24)16-9-5-13-25-16)22-19(17-10-6-14-26-17)15-7-2-1-3-8-15/h1-3,5-10,13-14,19H,4,11-12H2,(H,21,24)(H,22,23). The first-order valence-corrected chi connectivity index (χ1v) is 9.31. The summed E-state index contributed by atoms with van der Waals surface area (Å²) < 4.78 is 5.03. The molecule has 134 valence electrons. The fourth-order valence-corrected chi connectivity index (χ4v) is 3.40. The summed E-state index contributed by atoms with van der Waals surface area (Å²) in [6.07, 6.45) is 2.36. The molecule has 2 amide bonds. The molecule has 0 saturated carbocycles. The van der Waals surface area contributed by atoms with Gasteiger partial charge in [-0.3, -0.25) is 9.59 Å². The Kier molecular flexibility index (Phi) is 6.22. The quantitative estimate of drug-likeness (QED) is 0.595. The highest BCUT2D eigenvalue weighted by atomic mass is 32.1. The molecule has 26 heavy (non-hydrogen) atoms. The van der Waals surface area contributed by atoms with E-state index in [4.69, 9.17) is 4.42 Å². The first-order chi connectivity index (χ1) is 12.7. The summed E-state index contributed by atoms with van der Waals surface area (Å²) in [5.74, 6) is -0.0352. The zero-order valence-electron chi connectivity index (χ0n) is 14.2. The molecule has 1 aromatic carbocycles. The van der Waals surface area contributed by atoms with Gasteiger partial charge in [0.05, 0.1) is 12.3 Å². The van der Waals surface area contributed by atoms with Crippen LogP contribution in [0.4, 0.5) is 0 Å². The van der Waals surface area contributed by atoms with Gasteiger partial charge in [0.2, 0.25) is 5.91 Å². The minimum Gasteiger partial charge on any atom is -0.459 e. The smallest absolute Gasteiger partial charge is 0.286 e. The van der Waals surface area contributed by atoms with E-state index < -0.39 is 0 Å². The number of hydrogen-bond donors (Lipinski definition) is 2. The summed E-state index contributed by atoms with van der Waals surface area (Å²) in [6, 6.07) is 17.0. The van der Waals surface area contributed by atoms with Crippen molar-refractivity contribution in [2.75, 3.05) is 6.54 Å². The normalized spacial score (nSPS) is 11.7. The molecule has 1 unspecified atom stereocenters. The zero-order chi connectivity index (χ0) is 18.2. The molecule has 0 radical (unpaired) electrons. The summed E-state index contributed by atoms with van der Waals surface area (Å²) >= 11 is 1.62. The van der Waals surface area contributed by atoms with Crippen LogP contribution in [0.1, 0.15) is 39.9 Å². The van der Waals surface area contributed by atoms with E-state index in [1.165, 1.54) is 6.26 Å². The Morgan fingerprint density at radius 2 is 1.88 bits per heavy atom. The topological polar surface area (TPSA) is 71.3 Å². The second-order valence-corrected chi connectivity index (χ2v) is 6.74. The van der Waals surface area contributed by atoms with Crippen molar-refractivity contribution in [1.82, 2.24) is 10.6 Å². The van der Waals surface area contributed by atoms with Gasteiger partial charge in [-0.15, -0.1) is 11.3 Å². The number of carbonyl (C=O) groups is 2. The Bertz CT molecular complexity index is 814. The van der Waals surface area contributed by atoms with E-state index in [2.05, 4.69) is 10.6 Å². The van der Waals surface area contributed by atoms with Gasteiger partial charge in [-0.25, -0.2) is 0 Å². The van der Waals surface area contributed by atoms with Gasteiger partial charge >= 0.3 is 0 Å². The van der Waals surface area contributed by atoms with E-state index in [1.807, 2.05) is 47.8 Å². The molecule has 2 N–H and O–H groups in total. The van der Waals surface area contributed by atoms with Gasteiger partial charge < -0.3 is 15.1 Å². The van der Waals surface area contributed by atoms with E-state index >= 15 is 0 Å². The number of rotatable bonds is 8. The van der Waals surface area contributed by atoms with E-state index in [0.717, 1.165) is 10.4 Å². The first kappa shape index (κ1) is 17.9. The highest BCUT2D eigenvalue weighted by molar-refractivity contribution is 7.10. The van der Waals surface area contributed by atoms with E-state index in [0.29, 0.717) is 19.4 Å². The van der Waals surface area contributed by atoms with Crippen molar-refractivity contribution in [3.8, 4) is 0 Å². The van der Waals surface area contributed by atoms with Gasteiger partial charge in [-0.1, -0.05) is 36.4 Å². The molecule has 3 aromatic rings. The predicted molar refractivity (Wildman–Crippen MR) is 101 cm³/mol. The summed E-state index contributed by atoms with van der Waals surface area (Å²) in [5, 5.41) is 7.84. The molecule has 2 aromatic heterocycles. The third kappa shape index (κ3) is 4.83. The monoisotopic (exact) mass is 368 g/mol. The van der Waals surface area contributed by atoms with Crippen LogP contribution < -0.4 is 10.6 Å². The SMILES string of the molecule is O=C(CCCNC(=O)c1ccco1)NC(c1ccccc1)c1cccs1. The minimum absolute atomic E-state index is 0.0421. The third-order valence-electron chi connectivity index (χ3n) is 3.88. The fraction of sp³-hybridized carbons (Fsp3) is 0.200. The number of furan rings is 1. The van der Waals surface area contributed by atoms with Gasteiger partial charge in [0.25, 0.3) is 5.91 Å². The number of hydrogen-bond acceptors (Lipinski definition) is 4. The molecule has 5 nitrogen and oxygen atoms in total. The Morgan fingerprint density at radius 3 is 2.58 bits per heavy atom. The number of benzene rings is 1. The number of nitrogens with one attached hydrogen (secondary N) is 2. The molecule has 6 heteroatoms. The van der Waals surface area contributed by atoms with Crippen molar-refractivity contribution in [2.45, 2.75) is 18.9 Å². The molecule has 0 spiro atoms. The Hall–Kier alpha value is -2.86. The molecule has 0 bridgehead atoms. The first-order valence-electron chi connectivity index (χ1n) is 8.43. The lowest BCUT2D eigenvalue weighted by atomic mass is 10.1. The lowest BCUT2D eigenvalue weighted by Crippen LogP contribution is -2.30. The summed E-state index contributed by atoms with van der Waals surface area (Å²) in [7, 11) is 0. The summed E-state index contributed by atoms with van der Waals surface area (Å²) in [6.45, 7) is 0.419. The molecule has 2 heterocycles. The molecule has 0 saturated heterocycles. The van der Waals surface area contributed by atoms with Crippen LogP contribution in [0, 0.1) is 0 Å². The van der Waals surface area contributed by atoms with Crippen LogP contribution in [0.5, 0.6) is 0 Å². The van der Waals surface area contributed by atoms with Crippen LogP contribution in [-0.2, 0) is 4.79 Å². The molecule has 0 aliphatic carbocycles. The second-order valence-electron chi connectivity index (χ2n) is 5.76. The average molecular weight is 368 g/mol. The van der Waals surface area contributed by atoms with Gasteiger partial charge in [0.15, 0.2) is 5.76 Å². The summed E-state index contributed by atoms with van der Waals surface area (Å²) in [5.41, 5.74) is 1.05. The maximum atomic E-state index is 12.4. The predicted octanol–water partition coefficient (Wildman–Crippen LogP) is 3.76. The van der Waals surface area contributed by atoms with Crippen molar-refractivity contribution in [3.05, 3.63) is 82.4 Å². The van der Waals surface area contributed by atoms with Crippen LogP contribution in [0.3, 0.4) is 0 Å². The highest BCUT2D eigenvalue weighted by Gasteiger charge is 2.17. The Balaban J connectivity index is 1.50. The molecule has 0 aliphatic heterocycles. The van der Waals surface area contributed by atoms with Crippen LogP contribution in [0.15, 0.2) is 70.7 Å². The van der Waals surface area contributed by atoms with Gasteiger partial charge in [0.1, 0.15) is 0 Å². The molecule has 0 aliphatic rings. The van der Waals surface area contributed by atoms with Crippen molar-refractivity contribution >= 4 is 23.2 Å². The van der Waals surface area contributed by atoms with Crippen LogP contribution in [-0.4, -0.2) is 18.4 Å². The summed E-state index contributed by atoms with van der Waals surface area (Å²) in [4.78, 5) is 25.2. The molecule has 0 fully saturated rings. The number of carbonyl (C=O) groups excluding carboxylic acids is 2. The number of thiophene rings is 1. The second kappa shape index (κ2) is 9.01. The lowest BCUT2D eigenvalue weighted by Gasteiger charge is -2.18. The molecule has 3 rings (SSSR count). The largest absolute Gasteiger partial charge is 0.459 e. The van der Waals surface area contributed by atoms with Crippen LogP contribution >= 0.6 is 11.3 Å². The van der Waals surface area contributed by atoms with Crippen LogP contribution in [0.2, 0.25) is 0 Å². The van der Waals surface area contributed by atoms with Gasteiger partial charge in [0, 0.05) is 17.8 Å². The van der Waals surface area contributed by atoms with Crippen molar-refractivity contribution in [1.29, 1.82) is 0 Å². The van der Waals surface area contributed by atoms with Crippen molar-refractivity contribution < 1.29 is 14.0 Å². The number of amides is 2. The Morgan fingerprint density at radius 1 is 1.04 bits per heavy atom. The highest BCUT2D eigenvalue weighted by Crippen LogP contribution is 2.26. The van der Waals surface area contributed by atoms with E-state index in [1.54, 1.807) is 23.5 Å². The van der Waals surface area contributed by atoms with Crippen molar-refractivity contribution in [3.63, 3.8) is 0 Å². The van der Waals surface area contributed by atoms with Crippen LogP contribution in [0.25, 0.3) is 0 Å². The fourth-order valence-electron chi connectivity index (χ4n) is 2.60. The van der Waals surface area contributed by atoms with Gasteiger partial charge in [-0.05, 0) is 35.6 Å². The maximum Gasteiger partial charge on any atom is 0.286 e.